The quantitative estimate of drug-likeness (QED) is 0.870. The standard InChI is InChI=1S/C15H19N3O4S/c1-16-23(21,22)14-6-5-10(9-17-14)15(20)18-8-7-13(19)11-3-2-4-12(11)18/h5-6,9,11-12,16H,2-4,7-8H2,1H3. The fourth-order valence-electron chi connectivity index (χ4n) is 3.46. The summed E-state index contributed by atoms with van der Waals surface area (Å²) in [6.07, 6.45) is 4.34. The van der Waals surface area contributed by atoms with E-state index in [4.69, 9.17) is 0 Å². The number of Topliss-reactive ketones (excluding diaryl/α,β-unsaturated/α-hetero) is 1. The molecule has 1 saturated heterocycles. The van der Waals surface area contributed by atoms with Gasteiger partial charge in [-0.3, -0.25) is 9.59 Å². The molecule has 3 rings (SSSR count). The third-order valence-corrected chi connectivity index (χ3v) is 6.01. The minimum absolute atomic E-state index is 0.0236. The number of pyridine rings is 1. The second-order valence-corrected chi connectivity index (χ2v) is 7.75. The number of aromatic nitrogens is 1. The Morgan fingerprint density at radius 3 is 2.78 bits per heavy atom. The van der Waals surface area contributed by atoms with Gasteiger partial charge in [0.15, 0.2) is 5.03 Å². The zero-order valence-electron chi connectivity index (χ0n) is 12.9. The number of fused-ring (bicyclic) bond motifs is 1. The fraction of sp³-hybridized carbons (Fsp3) is 0.533. The summed E-state index contributed by atoms with van der Waals surface area (Å²) in [6, 6.07) is 2.77. The van der Waals surface area contributed by atoms with Gasteiger partial charge in [0.2, 0.25) is 0 Å². The number of carbonyl (C=O) groups is 2. The summed E-state index contributed by atoms with van der Waals surface area (Å²) in [7, 11) is -2.31. The molecule has 2 fully saturated rings. The summed E-state index contributed by atoms with van der Waals surface area (Å²) in [5, 5.41) is -0.121. The maximum atomic E-state index is 12.7. The summed E-state index contributed by atoms with van der Waals surface area (Å²) in [6.45, 7) is 0.426. The highest BCUT2D eigenvalue weighted by molar-refractivity contribution is 7.89. The van der Waals surface area contributed by atoms with E-state index in [-0.39, 0.29) is 28.7 Å². The van der Waals surface area contributed by atoms with Crippen molar-refractivity contribution in [3.05, 3.63) is 23.9 Å². The van der Waals surface area contributed by atoms with E-state index in [0.29, 0.717) is 18.5 Å². The number of amides is 1. The van der Waals surface area contributed by atoms with Gasteiger partial charge in [-0.05, 0) is 32.0 Å². The number of hydrogen-bond acceptors (Lipinski definition) is 5. The number of piperidine rings is 1. The molecule has 2 aliphatic rings. The Labute approximate surface area is 135 Å². The summed E-state index contributed by atoms with van der Waals surface area (Å²) in [5.74, 6) is 0.0324. The van der Waals surface area contributed by atoms with E-state index in [9.17, 15) is 18.0 Å². The zero-order valence-corrected chi connectivity index (χ0v) is 13.7. The van der Waals surface area contributed by atoms with Crippen LogP contribution in [0.5, 0.6) is 0 Å². The number of nitrogens with zero attached hydrogens (tertiary/aromatic N) is 2. The lowest BCUT2D eigenvalue weighted by molar-refractivity contribution is -0.126. The van der Waals surface area contributed by atoms with Gasteiger partial charge in [-0.15, -0.1) is 0 Å². The SMILES string of the molecule is CNS(=O)(=O)c1ccc(C(=O)N2CCC(=O)C3CCCC32)cn1. The van der Waals surface area contributed by atoms with E-state index in [1.807, 2.05) is 0 Å². The van der Waals surface area contributed by atoms with Crippen LogP contribution < -0.4 is 4.72 Å². The van der Waals surface area contributed by atoms with Crippen LogP contribution in [0.15, 0.2) is 23.4 Å². The molecule has 0 aromatic carbocycles. The number of likely N-dealkylation sites (tertiary alicyclic amines) is 1. The first-order valence-corrected chi connectivity index (χ1v) is 9.15. The van der Waals surface area contributed by atoms with Crippen molar-refractivity contribution in [2.45, 2.75) is 36.8 Å². The van der Waals surface area contributed by atoms with Gasteiger partial charge in [-0.25, -0.2) is 18.1 Å². The number of carbonyl (C=O) groups excluding carboxylic acids is 2. The Balaban J connectivity index is 1.82. The molecule has 124 valence electrons. The second kappa shape index (κ2) is 6.01. The Morgan fingerprint density at radius 1 is 1.35 bits per heavy atom. The number of ketones is 1. The van der Waals surface area contributed by atoms with Gasteiger partial charge < -0.3 is 4.90 Å². The van der Waals surface area contributed by atoms with E-state index in [2.05, 4.69) is 9.71 Å². The van der Waals surface area contributed by atoms with Gasteiger partial charge in [0.25, 0.3) is 15.9 Å². The van der Waals surface area contributed by atoms with Crippen LogP contribution in [-0.2, 0) is 14.8 Å². The molecule has 1 aromatic heterocycles. The van der Waals surface area contributed by atoms with Gasteiger partial charge in [0.1, 0.15) is 5.78 Å². The molecule has 2 atom stereocenters. The van der Waals surface area contributed by atoms with Crippen molar-refractivity contribution >= 4 is 21.7 Å². The molecule has 0 radical (unpaired) electrons. The highest BCUT2D eigenvalue weighted by Gasteiger charge is 2.42. The van der Waals surface area contributed by atoms with Crippen LogP contribution in [-0.4, -0.2) is 49.6 Å². The monoisotopic (exact) mass is 337 g/mol. The van der Waals surface area contributed by atoms with E-state index < -0.39 is 10.0 Å². The van der Waals surface area contributed by atoms with Gasteiger partial charge in [-0.2, -0.15) is 0 Å². The van der Waals surface area contributed by atoms with Crippen LogP contribution >= 0.6 is 0 Å². The van der Waals surface area contributed by atoms with E-state index in [0.717, 1.165) is 19.3 Å². The molecular weight excluding hydrogens is 318 g/mol. The molecule has 1 amide bonds. The summed E-state index contributed by atoms with van der Waals surface area (Å²) in [4.78, 5) is 30.3. The molecule has 2 unspecified atom stereocenters. The lowest BCUT2D eigenvalue weighted by Gasteiger charge is -2.36. The first kappa shape index (κ1) is 16.1. The third-order valence-electron chi connectivity index (χ3n) is 4.68. The highest BCUT2D eigenvalue weighted by atomic mass is 32.2. The summed E-state index contributed by atoms with van der Waals surface area (Å²) >= 11 is 0. The smallest absolute Gasteiger partial charge is 0.257 e. The van der Waals surface area contributed by atoms with Crippen LogP contribution in [0.2, 0.25) is 0 Å². The van der Waals surface area contributed by atoms with Crippen LogP contribution in [0, 0.1) is 5.92 Å². The lowest BCUT2D eigenvalue weighted by Crippen LogP contribution is -2.49. The first-order chi connectivity index (χ1) is 10.9. The number of sulfonamides is 1. The minimum Gasteiger partial charge on any atom is -0.334 e. The molecule has 23 heavy (non-hydrogen) atoms. The van der Waals surface area contributed by atoms with Crippen molar-refractivity contribution in [3.8, 4) is 0 Å². The van der Waals surface area contributed by atoms with Crippen molar-refractivity contribution in [2.75, 3.05) is 13.6 Å². The topological polar surface area (TPSA) is 96.4 Å². The average Bonchev–Trinajstić information content (AvgIpc) is 3.05. The molecule has 2 heterocycles. The number of rotatable bonds is 3. The minimum atomic E-state index is -3.62. The van der Waals surface area contributed by atoms with Crippen molar-refractivity contribution < 1.29 is 18.0 Å². The second-order valence-electron chi connectivity index (χ2n) is 5.91. The maximum absolute atomic E-state index is 12.7. The lowest BCUT2D eigenvalue weighted by atomic mass is 9.90. The van der Waals surface area contributed by atoms with Crippen molar-refractivity contribution in [1.82, 2.24) is 14.6 Å². The van der Waals surface area contributed by atoms with Crippen molar-refractivity contribution in [2.24, 2.45) is 5.92 Å². The zero-order chi connectivity index (χ0) is 16.6. The van der Waals surface area contributed by atoms with Gasteiger partial charge >= 0.3 is 0 Å². The molecule has 1 N–H and O–H groups in total. The Hall–Kier alpha value is -1.80. The predicted molar refractivity (Wildman–Crippen MR) is 82.3 cm³/mol. The Bertz CT molecular complexity index is 730. The summed E-state index contributed by atoms with van der Waals surface area (Å²) < 4.78 is 25.5. The molecule has 1 aliphatic heterocycles. The van der Waals surface area contributed by atoms with Crippen LogP contribution in [0.25, 0.3) is 0 Å². The third kappa shape index (κ3) is 2.88. The first-order valence-electron chi connectivity index (χ1n) is 7.67. The van der Waals surface area contributed by atoms with E-state index in [1.54, 1.807) is 4.90 Å². The van der Waals surface area contributed by atoms with Gasteiger partial charge in [0, 0.05) is 31.1 Å². The molecule has 1 saturated carbocycles. The molecule has 0 spiro atoms. The Morgan fingerprint density at radius 2 is 2.13 bits per heavy atom. The fourth-order valence-corrected chi connectivity index (χ4v) is 4.11. The normalized spacial score (nSPS) is 24.6. The molecule has 8 heteroatoms. The van der Waals surface area contributed by atoms with Gasteiger partial charge in [0.05, 0.1) is 5.56 Å². The highest BCUT2D eigenvalue weighted by Crippen LogP contribution is 2.35. The predicted octanol–water partition coefficient (Wildman–Crippen LogP) is 0.573. The van der Waals surface area contributed by atoms with Crippen LogP contribution in [0.1, 0.15) is 36.0 Å². The molecule has 1 aromatic rings. The summed E-state index contributed by atoms with van der Waals surface area (Å²) in [5.41, 5.74) is 0.347. The van der Waals surface area contributed by atoms with Crippen LogP contribution in [0.3, 0.4) is 0 Å². The average molecular weight is 337 g/mol. The van der Waals surface area contributed by atoms with Crippen LogP contribution in [0.4, 0.5) is 0 Å². The van der Waals surface area contributed by atoms with E-state index in [1.165, 1.54) is 25.4 Å². The molecule has 1 aliphatic carbocycles. The molecule has 0 bridgehead atoms. The van der Waals surface area contributed by atoms with Crippen molar-refractivity contribution in [1.29, 1.82) is 0 Å². The molecular formula is C15H19N3O4S. The van der Waals surface area contributed by atoms with Crippen molar-refractivity contribution in [3.63, 3.8) is 0 Å². The maximum Gasteiger partial charge on any atom is 0.257 e. The van der Waals surface area contributed by atoms with E-state index >= 15 is 0 Å². The Kier molecular flexibility index (Phi) is 4.20. The largest absolute Gasteiger partial charge is 0.334 e. The molecule has 7 nitrogen and oxygen atoms in total. The number of nitrogens with one attached hydrogen (secondary N) is 1. The number of hydrogen-bond donors (Lipinski definition) is 1. The van der Waals surface area contributed by atoms with Gasteiger partial charge in [-0.1, -0.05) is 6.42 Å².